The first kappa shape index (κ1) is 15.8. The van der Waals surface area contributed by atoms with Crippen LogP contribution in [-0.2, 0) is 54.2 Å². The summed E-state index contributed by atoms with van der Waals surface area (Å²) >= 11 is 2.07. The molecule has 0 amide bonds. The van der Waals surface area contributed by atoms with Crippen molar-refractivity contribution in [2.75, 3.05) is 0 Å². The van der Waals surface area contributed by atoms with Crippen molar-refractivity contribution >= 4 is 7.85 Å². The normalized spacial score (nSPS) is 3.20. The molecule has 0 nitrogen and oxygen atoms in total. The fourth-order valence-corrected chi connectivity index (χ4v) is 0. The van der Waals surface area contributed by atoms with Gasteiger partial charge in [-0.1, -0.05) is 0 Å². The van der Waals surface area contributed by atoms with Gasteiger partial charge in [-0.25, -0.2) is 0 Å². The van der Waals surface area contributed by atoms with Crippen molar-refractivity contribution in [1.29, 1.82) is 0 Å². The molecule has 0 heterocycles. The van der Waals surface area contributed by atoms with Crippen LogP contribution in [0.3, 0.4) is 0 Å². The Bertz CT molecular complexity index is 11.6. The van der Waals surface area contributed by atoms with Gasteiger partial charge in [0.1, 0.15) is 0 Å². The smallest absolute Gasteiger partial charge is 0 e. The van der Waals surface area contributed by atoms with E-state index in [1.165, 1.54) is 4.71 Å². The van der Waals surface area contributed by atoms with Crippen molar-refractivity contribution in [3.05, 3.63) is 0 Å². The zero-order chi connectivity index (χ0) is 2.71. The number of hydrogen-bond acceptors (Lipinski definition) is 0. The molecule has 0 spiro atoms. The second-order valence-corrected chi connectivity index (χ2v) is 1.71. The minimum Gasteiger partial charge on any atom is 0 e. The van der Waals surface area contributed by atoms with Gasteiger partial charge in [-0.15, -0.1) is 0 Å². The van der Waals surface area contributed by atoms with E-state index in [1.807, 2.05) is 0 Å². The van der Waals surface area contributed by atoms with Crippen molar-refractivity contribution in [3.63, 3.8) is 0 Å². The molecular weight excluding hydrogens is 227 g/mol. The van der Waals surface area contributed by atoms with Crippen LogP contribution in [-0.4, -0.2) is 7.85 Å². The second-order valence-electron chi connectivity index (χ2n) is 0.289. The maximum atomic E-state index is 2.13. The van der Waals surface area contributed by atoms with E-state index in [9.17, 15) is 0 Å². The molecule has 0 aromatic rings. The van der Waals surface area contributed by atoms with Crippen LogP contribution in [0.25, 0.3) is 0 Å². The van der Waals surface area contributed by atoms with Gasteiger partial charge in [0, 0.05) is 34.4 Å². The van der Waals surface area contributed by atoms with Gasteiger partial charge in [-0.05, 0) is 0 Å². The van der Waals surface area contributed by atoms with Crippen LogP contribution >= 0.6 is 0 Å². The molecule has 0 unspecified atom stereocenters. The topological polar surface area (TPSA) is 0 Å². The Hall–Kier alpha value is 1.81. The Morgan fingerprint density at radius 3 is 1.60 bits per heavy atom. The summed E-state index contributed by atoms with van der Waals surface area (Å²) in [7, 11) is 2.13. The van der Waals surface area contributed by atoms with Crippen molar-refractivity contribution in [2.24, 2.45) is 0 Å². The van der Waals surface area contributed by atoms with Crippen LogP contribution in [0.2, 0.25) is 4.71 Å². The molecule has 0 fully saturated rings. The molecule has 0 aliphatic heterocycles. The van der Waals surface area contributed by atoms with E-state index in [0.29, 0.717) is 0 Å². The van der Waals surface area contributed by atoms with Gasteiger partial charge in [0.2, 0.25) is 0 Å². The molecule has 0 atom stereocenters. The van der Waals surface area contributed by atoms with Crippen LogP contribution < -0.4 is 0 Å². The predicted molar refractivity (Wildman–Crippen MR) is 13.4 cm³/mol. The molecule has 0 saturated heterocycles. The maximum Gasteiger partial charge on any atom is 0 e. The summed E-state index contributed by atoms with van der Waals surface area (Å²) in [4.78, 5) is 0. The predicted octanol–water partition coefficient (Wildman–Crippen LogP) is -0.463. The van der Waals surface area contributed by atoms with E-state index in [2.05, 4.69) is 27.7 Å². The molecule has 0 radical (unpaired) electrons. The molecule has 0 aromatic carbocycles. The number of hydrogen-bond donors (Lipinski definition) is 0. The minimum absolute atomic E-state index is 0. The molecule has 5 heavy (non-hydrogen) atoms. The van der Waals surface area contributed by atoms with E-state index in [0.717, 1.165) is 0 Å². The van der Waals surface area contributed by atoms with Gasteiger partial charge >= 0.3 is 32.4 Å². The summed E-state index contributed by atoms with van der Waals surface area (Å²) in [6, 6.07) is 0. The van der Waals surface area contributed by atoms with E-state index in [1.54, 1.807) is 0 Å². The molecule has 0 aliphatic rings. The van der Waals surface area contributed by atoms with E-state index in [-0.39, 0.29) is 34.4 Å². The average Bonchev–Trinajstić information content (AvgIpc) is 0.918. The standard InChI is InChI=1S/CH4B.Cr.Fe.Mo/c1-2;;;/h1-2H2;;;. The summed E-state index contributed by atoms with van der Waals surface area (Å²) in [6.07, 6.45) is 0. The van der Waals surface area contributed by atoms with E-state index in [4.69, 9.17) is 0 Å². The molecule has 4 heteroatoms. The zero-order valence-corrected chi connectivity index (χ0v) is 7.26. The largest absolute Gasteiger partial charge is 0 e. The maximum absolute atomic E-state index is 2.13. The fraction of sp³-hybridized carbons (Fsp3) is 1.00. The number of rotatable bonds is 0. The summed E-state index contributed by atoms with van der Waals surface area (Å²) in [5.41, 5.74) is 0. The first-order chi connectivity index (χ1) is 1.41. The molecule has 0 N–H and O–H groups in total. The second kappa shape index (κ2) is 17.0. The van der Waals surface area contributed by atoms with Crippen molar-refractivity contribution in [2.45, 2.75) is 4.71 Å². The minimum atomic E-state index is 0. The Balaban J connectivity index is -0.0000000200. The SMILES string of the molecule is B[CH2][Mo].[Cr].[Fe]. The van der Waals surface area contributed by atoms with Crippen molar-refractivity contribution in [1.82, 2.24) is 0 Å². The van der Waals surface area contributed by atoms with Crippen LogP contribution in [0.5, 0.6) is 0 Å². The zero-order valence-electron chi connectivity index (χ0n) is 2.88. The van der Waals surface area contributed by atoms with Gasteiger partial charge in [0.05, 0.1) is 0 Å². The van der Waals surface area contributed by atoms with Gasteiger partial charge in [-0.2, -0.15) is 0 Å². The molecule has 0 saturated carbocycles. The van der Waals surface area contributed by atoms with Crippen molar-refractivity contribution < 1.29 is 54.2 Å². The fourth-order valence-electron chi connectivity index (χ4n) is 0. The van der Waals surface area contributed by atoms with Gasteiger partial charge in [0.25, 0.3) is 0 Å². The Kier molecular flexibility index (Phi) is 54.0. The summed E-state index contributed by atoms with van der Waals surface area (Å²) in [5, 5.41) is 0. The van der Waals surface area contributed by atoms with Crippen LogP contribution in [0.4, 0.5) is 0 Å². The average molecular weight is 231 g/mol. The van der Waals surface area contributed by atoms with E-state index >= 15 is 0 Å². The molecule has 0 aliphatic carbocycles. The molecule has 31 valence electrons. The molecule has 0 rings (SSSR count). The third kappa shape index (κ3) is 25.8. The molecular formula is CH4BCrFeMo. The molecule has 0 aromatic heterocycles. The third-order valence-corrected chi connectivity index (χ3v) is 0. The first-order valence-electron chi connectivity index (χ1n) is 0.996. The quantitative estimate of drug-likeness (QED) is 0.494. The van der Waals surface area contributed by atoms with Crippen LogP contribution in [0.1, 0.15) is 0 Å². The summed E-state index contributed by atoms with van der Waals surface area (Å²) in [6.45, 7) is 0. The Morgan fingerprint density at radius 2 is 1.60 bits per heavy atom. The Morgan fingerprint density at radius 1 is 1.60 bits per heavy atom. The van der Waals surface area contributed by atoms with Crippen LogP contribution in [0.15, 0.2) is 0 Å². The monoisotopic (exact) mass is 233 g/mol. The van der Waals surface area contributed by atoms with Gasteiger partial charge in [0.15, 0.2) is 0 Å². The van der Waals surface area contributed by atoms with Gasteiger partial charge < -0.3 is 0 Å². The summed E-state index contributed by atoms with van der Waals surface area (Å²) in [5.74, 6) is 0. The Labute approximate surface area is 66.4 Å². The van der Waals surface area contributed by atoms with E-state index < -0.39 is 0 Å². The van der Waals surface area contributed by atoms with Crippen LogP contribution in [0, 0.1) is 0 Å². The third-order valence-electron chi connectivity index (χ3n) is 0. The van der Waals surface area contributed by atoms with Crippen molar-refractivity contribution in [3.8, 4) is 0 Å². The summed E-state index contributed by atoms with van der Waals surface area (Å²) < 4.78 is 1.26. The molecule has 0 bridgehead atoms. The first-order valence-corrected chi connectivity index (χ1v) is 2.41. The van der Waals surface area contributed by atoms with Gasteiger partial charge in [-0.3, -0.25) is 0 Å².